The number of fused-ring (bicyclic) bond motifs is 1. The van der Waals surface area contributed by atoms with Gasteiger partial charge in [0, 0.05) is 0 Å². The van der Waals surface area contributed by atoms with E-state index in [1.54, 1.807) is 0 Å². The quantitative estimate of drug-likeness (QED) is 0.609. The lowest BCUT2D eigenvalue weighted by Crippen LogP contribution is -2.22. The number of H-pyrrole nitrogens is 2. The summed E-state index contributed by atoms with van der Waals surface area (Å²) in [4.78, 5) is 26.4. The smallest absolute Gasteiger partial charge is 0.307 e. The minimum Gasteiger partial charge on any atom is -0.307 e. The Morgan fingerprint density at radius 1 is 1.18 bits per heavy atom. The van der Waals surface area contributed by atoms with Crippen molar-refractivity contribution in [1.82, 2.24) is 9.97 Å². The van der Waals surface area contributed by atoms with Crippen LogP contribution in [0.2, 0.25) is 0 Å². The van der Waals surface area contributed by atoms with Gasteiger partial charge in [-0.05, 0) is 24.6 Å². The average molecular weight is 256 g/mol. The zero-order chi connectivity index (χ0) is 12.8. The molecule has 1 aromatic carbocycles. The number of hydrogen-bond acceptors (Lipinski definition) is 4. The van der Waals surface area contributed by atoms with E-state index in [0.717, 1.165) is 6.07 Å². The van der Waals surface area contributed by atoms with E-state index in [9.17, 15) is 18.0 Å². The zero-order valence-electron chi connectivity index (χ0n) is 8.64. The molecule has 0 radical (unpaired) electrons. The molecule has 8 heteroatoms. The maximum Gasteiger partial charge on any atom is 0.326 e. The summed E-state index contributed by atoms with van der Waals surface area (Å²) in [7, 11) is -4.40. The standard InChI is InChI=1S/C9H8N2O5S/c1-4-2-6-5(3-7(4)17(14,15)16)8(12)11-9(13)10-6/h2-3H,1H3,(H,14,15,16)(H2,10,11,12,13). The van der Waals surface area contributed by atoms with Gasteiger partial charge in [0.15, 0.2) is 0 Å². The van der Waals surface area contributed by atoms with E-state index in [1.165, 1.54) is 13.0 Å². The summed E-state index contributed by atoms with van der Waals surface area (Å²) in [5, 5.41) is -0.0113. The normalized spacial score (nSPS) is 11.9. The van der Waals surface area contributed by atoms with Gasteiger partial charge in [0.1, 0.15) is 0 Å². The number of hydrogen-bond donors (Lipinski definition) is 3. The average Bonchev–Trinajstić information content (AvgIpc) is 2.13. The van der Waals surface area contributed by atoms with Crippen LogP contribution >= 0.6 is 0 Å². The summed E-state index contributed by atoms with van der Waals surface area (Å²) in [6.45, 7) is 1.45. The van der Waals surface area contributed by atoms with Crippen molar-refractivity contribution < 1.29 is 13.0 Å². The van der Waals surface area contributed by atoms with Gasteiger partial charge in [-0.1, -0.05) is 0 Å². The predicted molar refractivity (Wildman–Crippen MR) is 59.7 cm³/mol. The number of aromatic amines is 2. The number of rotatable bonds is 1. The molecule has 0 aliphatic rings. The number of nitrogens with one attached hydrogen (secondary N) is 2. The lowest BCUT2D eigenvalue weighted by molar-refractivity contribution is 0.482. The maximum atomic E-state index is 11.4. The summed E-state index contributed by atoms with van der Waals surface area (Å²) in [6.07, 6.45) is 0. The Hall–Kier alpha value is -1.93. The largest absolute Gasteiger partial charge is 0.326 e. The lowest BCUT2D eigenvalue weighted by Gasteiger charge is -2.04. The minimum absolute atomic E-state index is 0.0113. The Balaban J connectivity index is 3.01. The second kappa shape index (κ2) is 3.54. The monoisotopic (exact) mass is 256 g/mol. The maximum absolute atomic E-state index is 11.4. The molecule has 7 nitrogen and oxygen atoms in total. The first-order chi connectivity index (χ1) is 7.79. The molecule has 0 saturated carbocycles. The van der Waals surface area contributed by atoms with Gasteiger partial charge in [0.05, 0.1) is 15.8 Å². The molecule has 0 unspecified atom stereocenters. The molecular weight excluding hydrogens is 248 g/mol. The molecule has 2 rings (SSSR count). The molecule has 3 N–H and O–H groups in total. The SMILES string of the molecule is Cc1cc2[nH]c(=O)[nH]c(=O)c2cc1S(=O)(=O)O. The van der Waals surface area contributed by atoms with Crippen LogP contribution in [0.3, 0.4) is 0 Å². The van der Waals surface area contributed by atoms with Crippen molar-refractivity contribution in [2.75, 3.05) is 0 Å². The van der Waals surface area contributed by atoms with Gasteiger partial charge >= 0.3 is 5.69 Å². The van der Waals surface area contributed by atoms with Crippen molar-refractivity contribution in [2.24, 2.45) is 0 Å². The van der Waals surface area contributed by atoms with E-state index >= 15 is 0 Å². The molecule has 0 aliphatic carbocycles. The van der Waals surface area contributed by atoms with E-state index in [0.29, 0.717) is 0 Å². The summed E-state index contributed by atoms with van der Waals surface area (Å²) < 4.78 is 31.1. The summed E-state index contributed by atoms with van der Waals surface area (Å²) in [5.41, 5.74) is -0.944. The number of aromatic nitrogens is 2. The fourth-order valence-electron chi connectivity index (χ4n) is 1.58. The van der Waals surface area contributed by atoms with E-state index in [1.807, 2.05) is 4.98 Å². The fourth-order valence-corrected chi connectivity index (χ4v) is 2.31. The van der Waals surface area contributed by atoms with Crippen LogP contribution in [-0.4, -0.2) is 22.9 Å². The van der Waals surface area contributed by atoms with Crippen LogP contribution in [0.15, 0.2) is 26.6 Å². The zero-order valence-corrected chi connectivity index (χ0v) is 9.46. The first kappa shape index (κ1) is 11.6. The van der Waals surface area contributed by atoms with Crippen molar-refractivity contribution in [3.8, 4) is 0 Å². The van der Waals surface area contributed by atoms with Gasteiger partial charge in [0.2, 0.25) is 0 Å². The molecule has 17 heavy (non-hydrogen) atoms. The van der Waals surface area contributed by atoms with Crippen molar-refractivity contribution in [1.29, 1.82) is 0 Å². The summed E-state index contributed by atoms with van der Waals surface area (Å²) >= 11 is 0. The van der Waals surface area contributed by atoms with Crippen molar-refractivity contribution >= 4 is 21.0 Å². The second-order valence-electron chi connectivity index (χ2n) is 3.55. The molecule has 2 aromatic rings. The third kappa shape index (κ3) is 1.99. The molecule has 0 aliphatic heterocycles. The van der Waals surface area contributed by atoms with Gasteiger partial charge in [-0.3, -0.25) is 14.3 Å². The van der Waals surface area contributed by atoms with Crippen molar-refractivity contribution in [3.05, 3.63) is 38.5 Å². The molecule has 90 valence electrons. The molecule has 0 fully saturated rings. The number of aryl methyl sites for hydroxylation is 1. The highest BCUT2D eigenvalue weighted by Crippen LogP contribution is 2.18. The van der Waals surface area contributed by atoms with Crippen LogP contribution in [-0.2, 0) is 10.1 Å². The highest BCUT2D eigenvalue weighted by molar-refractivity contribution is 7.85. The van der Waals surface area contributed by atoms with Gasteiger partial charge in [-0.25, -0.2) is 4.79 Å². The van der Waals surface area contributed by atoms with Crippen LogP contribution in [0.4, 0.5) is 0 Å². The Morgan fingerprint density at radius 3 is 2.41 bits per heavy atom. The van der Waals surface area contributed by atoms with Crippen LogP contribution in [0.25, 0.3) is 10.9 Å². The third-order valence-corrected chi connectivity index (χ3v) is 3.31. The topological polar surface area (TPSA) is 120 Å². The fraction of sp³-hybridized carbons (Fsp3) is 0.111. The van der Waals surface area contributed by atoms with Gasteiger partial charge in [-0.15, -0.1) is 0 Å². The molecular formula is C9H8N2O5S. The highest BCUT2D eigenvalue weighted by atomic mass is 32.2. The molecule has 0 amide bonds. The molecule has 0 saturated heterocycles. The van der Waals surface area contributed by atoms with E-state index in [4.69, 9.17) is 4.55 Å². The van der Waals surface area contributed by atoms with Gasteiger partial charge < -0.3 is 4.98 Å². The molecule has 0 bridgehead atoms. The number of benzene rings is 1. The van der Waals surface area contributed by atoms with Crippen molar-refractivity contribution in [3.63, 3.8) is 0 Å². The van der Waals surface area contributed by atoms with E-state index in [-0.39, 0.29) is 21.4 Å². The first-order valence-corrected chi connectivity index (χ1v) is 5.97. The van der Waals surface area contributed by atoms with Crippen LogP contribution in [0, 0.1) is 6.92 Å². The Labute approximate surface area is 94.9 Å². The molecule has 1 aromatic heterocycles. The van der Waals surface area contributed by atoms with E-state index < -0.39 is 21.4 Å². The minimum atomic E-state index is -4.40. The van der Waals surface area contributed by atoms with Crippen LogP contribution in [0.1, 0.15) is 5.56 Å². The van der Waals surface area contributed by atoms with Gasteiger partial charge in [-0.2, -0.15) is 8.42 Å². The van der Waals surface area contributed by atoms with Crippen LogP contribution in [0.5, 0.6) is 0 Å². The summed E-state index contributed by atoms with van der Waals surface area (Å²) in [6, 6.07) is 2.34. The van der Waals surface area contributed by atoms with Crippen molar-refractivity contribution in [2.45, 2.75) is 11.8 Å². The first-order valence-electron chi connectivity index (χ1n) is 4.53. The molecule has 0 spiro atoms. The van der Waals surface area contributed by atoms with Gasteiger partial charge in [0.25, 0.3) is 15.7 Å². The molecule has 0 atom stereocenters. The Morgan fingerprint density at radius 2 is 1.82 bits per heavy atom. The summed E-state index contributed by atoms with van der Waals surface area (Å²) in [5.74, 6) is 0. The lowest BCUT2D eigenvalue weighted by atomic mass is 10.2. The Kier molecular flexibility index (Phi) is 2.40. The highest BCUT2D eigenvalue weighted by Gasteiger charge is 2.15. The second-order valence-corrected chi connectivity index (χ2v) is 4.94. The van der Waals surface area contributed by atoms with E-state index in [2.05, 4.69) is 4.98 Å². The third-order valence-electron chi connectivity index (χ3n) is 2.31. The Bertz CT molecular complexity index is 815. The predicted octanol–water partition coefficient (Wildman–Crippen LogP) is -0.228. The molecule has 1 heterocycles. The van der Waals surface area contributed by atoms with Crippen LogP contribution < -0.4 is 11.2 Å².